The van der Waals surface area contributed by atoms with E-state index in [9.17, 15) is 14.4 Å². The summed E-state index contributed by atoms with van der Waals surface area (Å²) in [5.41, 5.74) is 0.247. The molecule has 10 nitrogen and oxygen atoms in total. The highest BCUT2D eigenvalue weighted by molar-refractivity contribution is 7.16. The van der Waals surface area contributed by atoms with E-state index in [2.05, 4.69) is 20.4 Å². The topological polar surface area (TPSA) is 119 Å². The molecule has 2 bridgehead atoms. The third-order valence-corrected chi connectivity index (χ3v) is 5.33. The first-order valence-electron chi connectivity index (χ1n) is 8.88. The largest absolute Gasteiger partial charge is 0.468 e. The number of rotatable bonds is 3. The number of fused-ring (bicyclic) bond motifs is 4. The van der Waals surface area contributed by atoms with Crippen LogP contribution < -0.4 is 10.6 Å². The number of morpholine rings is 1. The third-order valence-electron chi connectivity index (χ3n) is 4.22. The van der Waals surface area contributed by atoms with Crippen molar-refractivity contribution in [1.29, 1.82) is 0 Å². The monoisotopic (exact) mass is 412 g/mol. The van der Waals surface area contributed by atoms with Gasteiger partial charge in [0.05, 0.1) is 43.0 Å². The molecule has 2 aliphatic rings. The van der Waals surface area contributed by atoms with Gasteiger partial charge in [0, 0.05) is 6.42 Å². The van der Waals surface area contributed by atoms with E-state index in [0.29, 0.717) is 24.8 Å². The number of thiazole rings is 1. The Bertz CT molecular complexity index is 774. The second kappa shape index (κ2) is 7.92. The lowest BCUT2D eigenvalue weighted by atomic mass is 9.97. The number of carbonyl (C=O) groups is 3. The van der Waals surface area contributed by atoms with Crippen molar-refractivity contribution in [3.8, 4) is 0 Å². The normalized spacial score (nSPS) is 20.8. The number of urea groups is 1. The number of nitrogens with one attached hydrogen (secondary N) is 2. The average Bonchev–Trinajstić information content (AvgIpc) is 2.99. The Kier molecular flexibility index (Phi) is 5.75. The highest BCUT2D eigenvalue weighted by atomic mass is 32.1. The van der Waals surface area contributed by atoms with E-state index in [-0.39, 0.29) is 24.7 Å². The molecule has 2 N–H and O–H groups in total. The van der Waals surface area contributed by atoms with E-state index < -0.39 is 17.6 Å². The Hall–Kier alpha value is -2.40. The fourth-order valence-electron chi connectivity index (χ4n) is 3.09. The summed E-state index contributed by atoms with van der Waals surface area (Å²) in [5, 5.41) is 5.40. The number of ether oxygens (including phenoxy) is 3. The summed E-state index contributed by atoms with van der Waals surface area (Å²) >= 11 is 1.28. The van der Waals surface area contributed by atoms with Gasteiger partial charge in [0.1, 0.15) is 12.1 Å². The molecular weight excluding hydrogens is 388 g/mol. The zero-order valence-electron chi connectivity index (χ0n) is 16.2. The smallest absolute Gasteiger partial charge is 0.411 e. The molecule has 3 rings (SSSR count). The van der Waals surface area contributed by atoms with E-state index in [0.717, 1.165) is 10.6 Å². The van der Waals surface area contributed by atoms with Crippen LogP contribution in [0.3, 0.4) is 0 Å². The molecule has 28 heavy (non-hydrogen) atoms. The van der Waals surface area contributed by atoms with Crippen LogP contribution >= 0.6 is 11.3 Å². The molecule has 1 aromatic rings. The van der Waals surface area contributed by atoms with Crippen molar-refractivity contribution < 1.29 is 28.6 Å². The molecule has 0 spiro atoms. The fraction of sp³-hybridized carbons (Fsp3) is 0.647. The van der Waals surface area contributed by atoms with Gasteiger partial charge < -0.3 is 19.5 Å². The van der Waals surface area contributed by atoms with E-state index in [1.54, 1.807) is 4.90 Å². The Morgan fingerprint density at radius 1 is 1.32 bits per heavy atom. The summed E-state index contributed by atoms with van der Waals surface area (Å²) in [4.78, 5) is 42.8. The zero-order chi connectivity index (χ0) is 20.5. The zero-order valence-corrected chi connectivity index (χ0v) is 17.1. The maximum absolute atomic E-state index is 12.7. The lowest BCUT2D eigenvalue weighted by Crippen LogP contribution is -2.55. The van der Waals surface area contributed by atoms with Crippen LogP contribution in [0.5, 0.6) is 0 Å². The second-order valence-corrected chi connectivity index (χ2v) is 8.54. The molecule has 2 unspecified atom stereocenters. The first kappa shape index (κ1) is 20.3. The van der Waals surface area contributed by atoms with Crippen LogP contribution in [0.1, 0.15) is 37.4 Å². The van der Waals surface area contributed by atoms with Crippen LogP contribution in [0.2, 0.25) is 0 Å². The molecule has 2 atom stereocenters. The SMILES string of the molecule is COC(=O)CNC(=O)Nc1nc2c(s1)C1COCC(C2)N1C(=O)OC(C)(C)C. The Morgan fingerprint density at radius 2 is 2.07 bits per heavy atom. The van der Waals surface area contributed by atoms with Gasteiger partial charge >= 0.3 is 18.1 Å². The highest BCUT2D eigenvalue weighted by Crippen LogP contribution is 2.41. The van der Waals surface area contributed by atoms with Crippen LogP contribution in [-0.4, -0.2) is 66.5 Å². The Morgan fingerprint density at radius 3 is 2.75 bits per heavy atom. The van der Waals surface area contributed by atoms with E-state index in [1.807, 2.05) is 20.8 Å². The maximum atomic E-state index is 12.7. The number of methoxy groups -OCH3 is 1. The number of anilines is 1. The molecule has 0 radical (unpaired) electrons. The second-order valence-electron chi connectivity index (χ2n) is 7.51. The quantitative estimate of drug-likeness (QED) is 0.725. The molecule has 3 heterocycles. The summed E-state index contributed by atoms with van der Waals surface area (Å²) in [7, 11) is 1.24. The summed E-state index contributed by atoms with van der Waals surface area (Å²) in [6, 6.07) is -1.02. The molecule has 3 amide bonds. The van der Waals surface area contributed by atoms with Crippen molar-refractivity contribution >= 4 is 34.6 Å². The third kappa shape index (κ3) is 4.53. The molecule has 11 heteroatoms. The van der Waals surface area contributed by atoms with Crippen molar-refractivity contribution in [2.24, 2.45) is 0 Å². The predicted octanol–water partition coefficient (Wildman–Crippen LogP) is 1.67. The fourth-order valence-corrected chi connectivity index (χ4v) is 4.17. The van der Waals surface area contributed by atoms with Crippen LogP contribution in [0.4, 0.5) is 14.7 Å². The number of aromatic nitrogens is 1. The molecule has 0 aliphatic carbocycles. The summed E-state index contributed by atoms with van der Waals surface area (Å²) < 4.78 is 15.7. The lowest BCUT2D eigenvalue weighted by Gasteiger charge is -2.44. The highest BCUT2D eigenvalue weighted by Gasteiger charge is 2.44. The first-order valence-corrected chi connectivity index (χ1v) is 9.70. The van der Waals surface area contributed by atoms with Crippen LogP contribution in [0.15, 0.2) is 0 Å². The number of amides is 3. The van der Waals surface area contributed by atoms with Gasteiger partial charge in [-0.25, -0.2) is 14.6 Å². The van der Waals surface area contributed by atoms with Gasteiger partial charge in [-0.2, -0.15) is 0 Å². The van der Waals surface area contributed by atoms with E-state index in [1.165, 1.54) is 18.4 Å². The van der Waals surface area contributed by atoms with Crippen LogP contribution in [0.25, 0.3) is 0 Å². The number of esters is 1. The summed E-state index contributed by atoms with van der Waals surface area (Å²) in [5.74, 6) is -0.549. The van der Waals surface area contributed by atoms with E-state index in [4.69, 9.17) is 9.47 Å². The van der Waals surface area contributed by atoms with Crippen LogP contribution in [0, 0.1) is 0 Å². The van der Waals surface area contributed by atoms with Gasteiger partial charge in [0.2, 0.25) is 0 Å². The van der Waals surface area contributed by atoms with Gasteiger partial charge in [0.25, 0.3) is 0 Å². The molecule has 0 saturated carbocycles. The van der Waals surface area contributed by atoms with Gasteiger partial charge in [0.15, 0.2) is 5.13 Å². The number of hydrogen-bond donors (Lipinski definition) is 2. The molecule has 1 aromatic heterocycles. The van der Waals surface area contributed by atoms with Crippen molar-refractivity contribution in [3.63, 3.8) is 0 Å². The minimum absolute atomic E-state index is 0.163. The molecular formula is C17H24N4O6S. The Balaban J connectivity index is 1.73. The summed E-state index contributed by atoms with van der Waals surface area (Å²) in [6.45, 7) is 6.00. The van der Waals surface area contributed by atoms with Gasteiger partial charge in [-0.05, 0) is 20.8 Å². The average molecular weight is 412 g/mol. The standard InChI is InChI=1S/C17H24N4O6S/c1-17(2,3)27-16(24)21-9-5-10-13(11(21)8-26-7-9)28-15(19-10)20-14(23)18-6-12(22)25-4/h9,11H,5-8H2,1-4H3,(H2,18,19,20,23). The minimum Gasteiger partial charge on any atom is -0.468 e. The summed E-state index contributed by atoms with van der Waals surface area (Å²) in [6.07, 6.45) is 0.141. The van der Waals surface area contributed by atoms with Gasteiger partial charge in [-0.3, -0.25) is 15.0 Å². The number of hydrogen-bond acceptors (Lipinski definition) is 8. The Labute approximate surface area is 166 Å². The molecule has 154 valence electrons. The molecule has 1 fully saturated rings. The van der Waals surface area contributed by atoms with Crippen LogP contribution in [-0.2, 0) is 25.4 Å². The van der Waals surface area contributed by atoms with Crippen molar-refractivity contribution in [2.45, 2.75) is 44.9 Å². The maximum Gasteiger partial charge on any atom is 0.411 e. The minimum atomic E-state index is -0.593. The molecule has 2 aliphatic heterocycles. The van der Waals surface area contributed by atoms with Gasteiger partial charge in [-0.15, -0.1) is 0 Å². The first-order chi connectivity index (χ1) is 13.2. The van der Waals surface area contributed by atoms with Crippen molar-refractivity contribution in [3.05, 3.63) is 10.6 Å². The molecule has 1 saturated heterocycles. The van der Waals surface area contributed by atoms with Crippen molar-refractivity contribution in [1.82, 2.24) is 15.2 Å². The lowest BCUT2D eigenvalue weighted by molar-refractivity contribution is -0.139. The molecule has 0 aromatic carbocycles. The van der Waals surface area contributed by atoms with Gasteiger partial charge in [-0.1, -0.05) is 11.3 Å². The predicted molar refractivity (Wildman–Crippen MR) is 100 cm³/mol. The van der Waals surface area contributed by atoms with Crippen molar-refractivity contribution in [2.75, 3.05) is 32.2 Å². The van der Waals surface area contributed by atoms with E-state index >= 15 is 0 Å². The number of nitrogens with zero attached hydrogens (tertiary/aromatic N) is 2. The number of carbonyl (C=O) groups excluding carboxylic acids is 3.